The predicted octanol–water partition coefficient (Wildman–Crippen LogP) is -1.14. The first kappa shape index (κ1) is 22.9. The molecule has 0 saturated heterocycles. The number of carboxylic acid groups (broad SMARTS) is 1. The molecule has 1 aromatic rings. The van der Waals surface area contributed by atoms with Gasteiger partial charge in [-0.15, -0.1) is 0 Å². The van der Waals surface area contributed by atoms with Crippen molar-refractivity contribution in [1.29, 1.82) is 5.41 Å². The van der Waals surface area contributed by atoms with E-state index in [0.29, 0.717) is 11.3 Å². The largest absolute Gasteiger partial charge is 1.00 e. The Morgan fingerprint density at radius 3 is 2.24 bits per heavy atom. The number of benzene rings is 1. The van der Waals surface area contributed by atoms with Crippen molar-refractivity contribution in [3.05, 3.63) is 29.8 Å². The first-order chi connectivity index (χ1) is 11.1. The molecule has 1 aromatic carbocycles. The number of anilines is 1. The SMILES string of the molecule is CC(C)(C)OC(=O)NC(=N)c1ccc(NC(=O)NCC(=O)O)cc1.[H-].[Na+]. The summed E-state index contributed by atoms with van der Waals surface area (Å²) < 4.78 is 5.05. The van der Waals surface area contributed by atoms with Crippen molar-refractivity contribution >= 4 is 29.6 Å². The number of nitrogens with one attached hydrogen (secondary N) is 4. The molecule has 0 radical (unpaired) electrons. The molecule has 0 spiro atoms. The van der Waals surface area contributed by atoms with Gasteiger partial charge in [0.25, 0.3) is 0 Å². The van der Waals surface area contributed by atoms with Gasteiger partial charge in [0.05, 0.1) is 0 Å². The van der Waals surface area contributed by atoms with Gasteiger partial charge in [-0.1, -0.05) is 0 Å². The minimum absolute atomic E-state index is 0. The number of aliphatic carboxylic acids is 1. The normalized spacial score (nSPS) is 10.0. The van der Waals surface area contributed by atoms with Gasteiger partial charge in [0.1, 0.15) is 18.0 Å². The topological polar surface area (TPSA) is 141 Å². The Hall–Kier alpha value is -2.10. The zero-order valence-electron chi connectivity index (χ0n) is 15.6. The molecule has 10 heteroatoms. The van der Waals surface area contributed by atoms with Crippen molar-refractivity contribution in [2.45, 2.75) is 26.4 Å². The molecule has 0 saturated carbocycles. The summed E-state index contributed by atoms with van der Waals surface area (Å²) in [4.78, 5) is 33.3. The van der Waals surface area contributed by atoms with Gasteiger partial charge in [-0.25, -0.2) is 9.59 Å². The first-order valence-corrected chi connectivity index (χ1v) is 7.02. The van der Waals surface area contributed by atoms with Gasteiger partial charge in [0.2, 0.25) is 0 Å². The Morgan fingerprint density at radius 1 is 1.20 bits per heavy atom. The Balaban J connectivity index is 0. The molecular formula is C15H21N4NaO5. The number of amides is 3. The number of urea groups is 1. The molecule has 0 aliphatic heterocycles. The van der Waals surface area contributed by atoms with E-state index < -0.39 is 30.2 Å². The minimum Gasteiger partial charge on any atom is -1.00 e. The zero-order valence-corrected chi connectivity index (χ0v) is 16.6. The van der Waals surface area contributed by atoms with Crippen molar-refractivity contribution in [3.8, 4) is 0 Å². The van der Waals surface area contributed by atoms with Gasteiger partial charge in [-0.05, 0) is 45.0 Å². The molecule has 0 heterocycles. The van der Waals surface area contributed by atoms with E-state index in [0.717, 1.165) is 0 Å². The van der Waals surface area contributed by atoms with Crippen molar-refractivity contribution < 1.29 is 55.2 Å². The third-order valence-electron chi connectivity index (χ3n) is 2.46. The molecule has 1 rings (SSSR count). The molecule has 0 aliphatic rings. The van der Waals surface area contributed by atoms with Crippen LogP contribution >= 0.6 is 0 Å². The second-order valence-corrected chi connectivity index (χ2v) is 5.78. The molecule has 3 amide bonds. The van der Waals surface area contributed by atoms with Crippen LogP contribution in [0.5, 0.6) is 0 Å². The van der Waals surface area contributed by atoms with E-state index in [-0.39, 0.29) is 36.8 Å². The average Bonchev–Trinajstić information content (AvgIpc) is 2.43. The summed E-state index contributed by atoms with van der Waals surface area (Å²) in [6.07, 6.45) is -0.734. The standard InChI is InChI=1S/C15H20N4O5.Na.H/c1-15(2,3)24-14(23)19-12(16)9-4-6-10(7-5-9)18-13(22)17-8-11(20)21;;/h4-7H,8H2,1-3H3,(H,20,21)(H2,16,19,23)(H2,17,18,22);;/q;+1;-1. The number of amidine groups is 1. The number of carbonyl (C=O) groups is 3. The van der Waals surface area contributed by atoms with Crippen LogP contribution in [0.2, 0.25) is 0 Å². The van der Waals surface area contributed by atoms with Crippen molar-refractivity contribution in [1.82, 2.24) is 10.6 Å². The smallest absolute Gasteiger partial charge is 1.00 e. The van der Waals surface area contributed by atoms with Crippen LogP contribution in [-0.4, -0.2) is 41.2 Å². The van der Waals surface area contributed by atoms with E-state index in [2.05, 4.69) is 16.0 Å². The number of hydrogen-bond acceptors (Lipinski definition) is 5. The molecule has 0 aliphatic carbocycles. The second-order valence-electron chi connectivity index (χ2n) is 5.78. The third kappa shape index (κ3) is 9.70. The fourth-order valence-electron chi connectivity index (χ4n) is 1.53. The molecule has 0 aromatic heterocycles. The van der Waals surface area contributed by atoms with E-state index in [9.17, 15) is 14.4 Å². The molecular weight excluding hydrogens is 339 g/mol. The predicted molar refractivity (Wildman–Crippen MR) is 88.4 cm³/mol. The first-order valence-electron chi connectivity index (χ1n) is 7.02. The Kier molecular flexibility index (Phi) is 9.18. The van der Waals surface area contributed by atoms with E-state index in [1.54, 1.807) is 20.8 Å². The van der Waals surface area contributed by atoms with E-state index in [1.165, 1.54) is 24.3 Å². The minimum atomic E-state index is -1.15. The molecule has 0 atom stereocenters. The van der Waals surface area contributed by atoms with Crippen molar-refractivity contribution in [3.63, 3.8) is 0 Å². The summed E-state index contributed by atoms with van der Waals surface area (Å²) in [7, 11) is 0. The third-order valence-corrected chi connectivity index (χ3v) is 2.46. The van der Waals surface area contributed by atoms with Gasteiger partial charge in [-0.2, -0.15) is 0 Å². The number of carbonyl (C=O) groups excluding carboxylic acids is 2. The summed E-state index contributed by atoms with van der Waals surface area (Å²) in [6, 6.07) is 5.41. The molecule has 0 bridgehead atoms. The second kappa shape index (κ2) is 10.0. The van der Waals surface area contributed by atoms with Crippen LogP contribution in [0.4, 0.5) is 15.3 Å². The van der Waals surface area contributed by atoms with Crippen LogP contribution in [-0.2, 0) is 9.53 Å². The number of carboxylic acids is 1. The maximum absolute atomic E-state index is 11.6. The van der Waals surface area contributed by atoms with Crippen LogP contribution in [0, 0.1) is 5.41 Å². The Bertz CT molecular complexity index is 646. The number of alkyl carbamates (subject to hydrolysis) is 1. The fourth-order valence-corrected chi connectivity index (χ4v) is 1.53. The molecule has 0 fully saturated rings. The van der Waals surface area contributed by atoms with Gasteiger partial charge in [0.15, 0.2) is 0 Å². The van der Waals surface area contributed by atoms with Crippen LogP contribution in [0.1, 0.15) is 27.8 Å². The van der Waals surface area contributed by atoms with Gasteiger partial charge in [-0.3, -0.25) is 15.5 Å². The summed E-state index contributed by atoms with van der Waals surface area (Å²) >= 11 is 0. The van der Waals surface area contributed by atoms with Gasteiger partial charge in [0, 0.05) is 11.3 Å². The van der Waals surface area contributed by atoms with Crippen LogP contribution in [0.15, 0.2) is 24.3 Å². The van der Waals surface area contributed by atoms with E-state index in [1.807, 2.05) is 0 Å². The summed E-state index contributed by atoms with van der Waals surface area (Å²) in [5.74, 6) is -1.30. The Morgan fingerprint density at radius 2 is 1.76 bits per heavy atom. The number of hydrogen-bond donors (Lipinski definition) is 5. The maximum Gasteiger partial charge on any atom is 1.00 e. The fraction of sp³-hybridized carbons (Fsp3) is 0.333. The zero-order chi connectivity index (χ0) is 18.3. The monoisotopic (exact) mass is 360 g/mol. The van der Waals surface area contributed by atoms with Gasteiger partial charge < -0.3 is 21.9 Å². The van der Waals surface area contributed by atoms with Gasteiger partial charge >= 0.3 is 47.7 Å². The van der Waals surface area contributed by atoms with Crippen molar-refractivity contribution in [2.24, 2.45) is 0 Å². The van der Waals surface area contributed by atoms with E-state index >= 15 is 0 Å². The summed E-state index contributed by atoms with van der Waals surface area (Å²) in [6.45, 7) is 4.65. The quantitative estimate of drug-likeness (QED) is 0.262. The maximum atomic E-state index is 11.6. The molecule has 9 nitrogen and oxygen atoms in total. The average molecular weight is 360 g/mol. The molecule has 25 heavy (non-hydrogen) atoms. The van der Waals surface area contributed by atoms with Crippen LogP contribution in [0.25, 0.3) is 0 Å². The number of ether oxygens (including phenoxy) is 1. The summed E-state index contributed by atoms with van der Waals surface area (Å²) in [5, 5.41) is 23.2. The van der Waals surface area contributed by atoms with Crippen molar-refractivity contribution in [2.75, 3.05) is 11.9 Å². The summed E-state index contributed by atoms with van der Waals surface area (Å²) in [5.41, 5.74) is 0.158. The number of rotatable bonds is 4. The Labute approximate surface area is 168 Å². The molecule has 5 N–H and O–H groups in total. The molecule has 132 valence electrons. The van der Waals surface area contributed by atoms with Crippen LogP contribution < -0.4 is 45.5 Å². The molecule has 0 unspecified atom stereocenters. The van der Waals surface area contributed by atoms with Crippen LogP contribution in [0.3, 0.4) is 0 Å². The van der Waals surface area contributed by atoms with E-state index in [4.69, 9.17) is 15.3 Å².